The van der Waals surface area contributed by atoms with Crippen LogP contribution in [0.4, 0.5) is 11.4 Å². The molecule has 0 radical (unpaired) electrons. The lowest BCUT2D eigenvalue weighted by molar-refractivity contribution is -0.384. The molecule has 7 heteroatoms. The van der Waals surface area contributed by atoms with Crippen LogP contribution < -0.4 is 11.3 Å². The van der Waals surface area contributed by atoms with Crippen molar-refractivity contribution in [3.05, 3.63) is 62.3 Å². The smallest absolute Gasteiger partial charge is 0.292 e. The Balaban J connectivity index is 2.36. The van der Waals surface area contributed by atoms with E-state index in [2.05, 4.69) is 4.98 Å². The number of benzene rings is 1. The number of nitrogen functional groups attached to an aromatic ring is 1. The number of nitro groups is 1. The van der Waals surface area contributed by atoms with Crippen LogP contribution in [0.1, 0.15) is 11.3 Å². The number of rotatable bonds is 3. The van der Waals surface area contributed by atoms with Crippen LogP contribution in [0.3, 0.4) is 0 Å². The van der Waals surface area contributed by atoms with Gasteiger partial charge in [-0.05, 0) is 18.6 Å². The van der Waals surface area contributed by atoms with Crippen LogP contribution in [-0.4, -0.2) is 14.5 Å². The lowest BCUT2D eigenvalue weighted by Gasteiger charge is -2.06. The number of hydrogen-bond donors (Lipinski definition) is 1. The van der Waals surface area contributed by atoms with Gasteiger partial charge < -0.3 is 5.73 Å². The molecule has 1 heterocycles. The molecule has 1 aromatic heterocycles. The molecule has 2 N–H and O–H groups in total. The lowest BCUT2D eigenvalue weighted by Crippen LogP contribution is -2.20. The first-order valence-corrected chi connectivity index (χ1v) is 5.53. The predicted octanol–water partition coefficient (Wildman–Crippen LogP) is 1.09. The van der Waals surface area contributed by atoms with Crippen molar-refractivity contribution in [2.45, 2.75) is 13.5 Å². The van der Waals surface area contributed by atoms with Gasteiger partial charge in [0.25, 0.3) is 11.2 Å². The summed E-state index contributed by atoms with van der Waals surface area (Å²) in [6, 6.07) is 5.88. The van der Waals surface area contributed by atoms with E-state index in [-0.39, 0.29) is 23.5 Å². The molecule has 98 valence electrons. The fraction of sp³-hybridized carbons (Fsp3) is 0.167. The molecule has 0 aliphatic rings. The van der Waals surface area contributed by atoms with Crippen molar-refractivity contribution in [3.8, 4) is 0 Å². The first kappa shape index (κ1) is 12.7. The van der Waals surface area contributed by atoms with E-state index < -0.39 is 4.92 Å². The van der Waals surface area contributed by atoms with Crippen LogP contribution in [0.5, 0.6) is 0 Å². The maximum absolute atomic E-state index is 11.7. The number of nitrogens with two attached hydrogens (primary N) is 1. The third kappa shape index (κ3) is 2.76. The van der Waals surface area contributed by atoms with Gasteiger partial charge in [-0.3, -0.25) is 19.5 Å². The molecule has 0 amide bonds. The second-order valence-electron chi connectivity index (χ2n) is 4.15. The predicted molar refractivity (Wildman–Crippen MR) is 69.8 cm³/mol. The summed E-state index contributed by atoms with van der Waals surface area (Å²) in [7, 11) is 0. The van der Waals surface area contributed by atoms with Crippen molar-refractivity contribution >= 4 is 11.4 Å². The molecule has 19 heavy (non-hydrogen) atoms. The zero-order chi connectivity index (χ0) is 14.0. The quantitative estimate of drug-likeness (QED) is 0.505. The van der Waals surface area contributed by atoms with E-state index in [0.717, 1.165) is 0 Å². The molecule has 0 spiro atoms. The normalized spacial score (nSPS) is 10.4. The van der Waals surface area contributed by atoms with Crippen LogP contribution in [-0.2, 0) is 6.54 Å². The molecule has 2 rings (SSSR count). The monoisotopic (exact) mass is 260 g/mol. The average Bonchev–Trinajstić information content (AvgIpc) is 2.34. The fourth-order valence-electron chi connectivity index (χ4n) is 1.68. The number of aromatic nitrogens is 2. The first-order valence-electron chi connectivity index (χ1n) is 5.53. The molecule has 0 bridgehead atoms. The number of hydrogen-bond acceptors (Lipinski definition) is 5. The van der Waals surface area contributed by atoms with E-state index in [0.29, 0.717) is 11.3 Å². The Labute approximate surface area is 108 Å². The van der Waals surface area contributed by atoms with E-state index in [1.54, 1.807) is 13.0 Å². The number of anilines is 1. The number of aryl methyl sites for hydroxylation is 1. The van der Waals surface area contributed by atoms with Crippen LogP contribution in [0.2, 0.25) is 0 Å². The molecule has 1 aromatic carbocycles. The summed E-state index contributed by atoms with van der Waals surface area (Å²) in [5, 5.41) is 10.8. The molecular formula is C12H12N4O3. The van der Waals surface area contributed by atoms with Gasteiger partial charge in [-0.1, -0.05) is 6.07 Å². The van der Waals surface area contributed by atoms with Crippen molar-refractivity contribution in [1.82, 2.24) is 9.55 Å². The Morgan fingerprint density at radius 2 is 2.16 bits per heavy atom. The van der Waals surface area contributed by atoms with Gasteiger partial charge >= 0.3 is 0 Å². The Kier molecular flexibility index (Phi) is 3.28. The number of nitro benzene ring substituents is 1. The van der Waals surface area contributed by atoms with Crippen LogP contribution in [0.25, 0.3) is 0 Å². The zero-order valence-corrected chi connectivity index (χ0v) is 10.2. The first-order chi connectivity index (χ1) is 8.97. The summed E-state index contributed by atoms with van der Waals surface area (Å²) in [6.45, 7) is 1.94. The van der Waals surface area contributed by atoms with Crippen molar-refractivity contribution in [2.24, 2.45) is 0 Å². The molecule has 0 atom stereocenters. The van der Waals surface area contributed by atoms with Gasteiger partial charge in [-0.2, -0.15) is 0 Å². The Hall–Kier alpha value is -2.70. The highest BCUT2D eigenvalue weighted by molar-refractivity contribution is 5.59. The molecule has 7 nitrogen and oxygen atoms in total. The zero-order valence-electron chi connectivity index (χ0n) is 10.2. The summed E-state index contributed by atoms with van der Waals surface area (Å²) in [6.07, 6.45) is 1.42. The highest BCUT2D eigenvalue weighted by Gasteiger charge is 2.12. The third-order valence-electron chi connectivity index (χ3n) is 2.66. The maximum Gasteiger partial charge on any atom is 0.292 e. The Bertz CT molecular complexity index is 694. The van der Waals surface area contributed by atoms with E-state index in [9.17, 15) is 14.9 Å². The van der Waals surface area contributed by atoms with E-state index >= 15 is 0 Å². The topological polar surface area (TPSA) is 104 Å². The molecule has 0 aliphatic heterocycles. The molecule has 0 fully saturated rings. The standard InChI is InChI=1S/C12H12N4O3/c1-8-4-12(17)15(7-14-8)6-9-2-3-10(13)11(5-9)16(18)19/h2-5,7H,6,13H2,1H3. The van der Waals surface area contributed by atoms with E-state index in [1.165, 1.54) is 29.1 Å². The minimum Gasteiger partial charge on any atom is -0.393 e. The van der Waals surface area contributed by atoms with Crippen molar-refractivity contribution in [2.75, 3.05) is 5.73 Å². The summed E-state index contributed by atoms with van der Waals surface area (Å²) in [4.78, 5) is 25.9. The molecular weight excluding hydrogens is 248 g/mol. The minimum atomic E-state index is -0.547. The van der Waals surface area contributed by atoms with Crippen molar-refractivity contribution < 1.29 is 4.92 Å². The summed E-state index contributed by atoms with van der Waals surface area (Å²) in [5.74, 6) is 0. The third-order valence-corrected chi connectivity index (χ3v) is 2.66. The summed E-state index contributed by atoms with van der Waals surface area (Å²) in [5.41, 5.74) is 6.50. The minimum absolute atomic E-state index is 0.100. The largest absolute Gasteiger partial charge is 0.393 e. The number of nitrogens with zero attached hydrogens (tertiary/aromatic N) is 3. The highest BCUT2D eigenvalue weighted by Crippen LogP contribution is 2.22. The molecule has 0 saturated carbocycles. The van der Waals surface area contributed by atoms with Crippen LogP contribution in [0.15, 0.2) is 35.4 Å². The van der Waals surface area contributed by atoms with Crippen LogP contribution >= 0.6 is 0 Å². The van der Waals surface area contributed by atoms with Gasteiger partial charge in [-0.25, -0.2) is 4.98 Å². The highest BCUT2D eigenvalue weighted by atomic mass is 16.6. The lowest BCUT2D eigenvalue weighted by atomic mass is 10.1. The van der Waals surface area contributed by atoms with Gasteiger partial charge in [0.05, 0.1) is 17.8 Å². The molecule has 2 aromatic rings. The summed E-state index contributed by atoms with van der Waals surface area (Å²) < 4.78 is 1.38. The van der Waals surface area contributed by atoms with Crippen LogP contribution in [0, 0.1) is 17.0 Å². The van der Waals surface area contributed by atoms with Gasteiger partial charge in [0.15, 0.2) is 0 Å². The Morgan fingerprint density at radius 1 is 1.42 bits per heavy atom. The van der Waals surface area contributed by atoms with Gasteiger partial charge in [0, 0.05) is 17.8 Å². The SMILES string of the molecule is Cc1cc(=O)n(Cc2ccc(N)c([N+](=O)[O-])c2)cn1. The van der Waals surface area contributed by atoms with Gasteiger partial charge in [-0.15, -0.1) is 0 Å². The average molecular weight is 260 g/mol. The van der Waals surface area contributed by atoms with Gasteiger partial charge in [0.1, 0.15) is 5.69 Å². The fourth-order valence-corrected chi connectivity index (χ4v) is 1.68. The second kappa shape index (κ2) is 4.89. The second-order valence-corrected chi connectivity index (χ2v) is 4.15. The molecule has 0 unspecified atom stereocenters. The van der Waals surface area contributed by atoms with E-state index in [4.69, 9.17) is 5.73 Å². The van der Waals surface area contributed by atoms with Crippen molar-refractivity contribution in [3.63, 3.8) is 0 Å². The summed E-state index contributed by atoms with van der Waals surface area (Å²) >= 11 is 0. The maximum atomic E-state index is 11.7. The Morgan fingerprint density at radius 3 is 2.79 bits per heavy atom. The molecule has 0 saturated heterocycles. The van der Waals surface area contributed by atoms with Gasteiger partial charge in [0.2, 0.25) is 0 Å². The van der Waals surface area contributed by atoms with Crippen molar-refractivity contribution in [1.29, 1.82) is 0 Å². The molecule has 0 aliphatic carbocycles. The van der Waals surface area contributed by atoms with E-state index in [1.807, 2.05) is 0 Å².